The highest BCUT2D eigenvalue weighted by molar-refractivity contribution is 5.81. The van der Waals surface area contributed by atoms with Crippen LogP contribution in [0.3, 0.4) is 0 Å². The molecule has 0 aromatic heterocycles. The SMILES string of the molecule is CC1C=C(C(=CC2=CCC(Nc3ccccc3)C=C2)c2ccccc2)CC(C)C1. The highest BCUT2D eigenvalue weighted by Crippen LogP contribution is 2.36. The summed E-state index contributed by atoms with van der Waals surface area (Å²) < 4.78 is 0. The van der Waals surface area contributed by atoms with Gasteiger partial charge in [-0.1, -0.05) is 86.7 Å². The number of anilines is 1. The van der Waals surface area contributed by atoms with Gasteiger partial charge < -0.3 is 5.32 Å². The number of hydrogen-bond acceptors (Lipinski definition) is 1. The highest BCUT2D eigenvalue weighted by Gasteiger charge is 2.20. The van der Waals surface area contributed by atoms with Crippen molar-refractivity contribution in [3.05, 3.63) is 108 Å². The summed E-state index contributed by atoms with van der Waals surface area (Å²) in [5.74, 6) is 1.39. The minimum Gasteiger partial charge on any atom is -0.379 e. The van der Waals surface area contributed by atoms with Gasteiger partial charge in [0, 0.05) is 11.7 Å². The van der Waals surface area contributed by atoms with Gasteiger partial charge in [-0.25, -0.2) is 0 Å². The molecule has 1 heteroatoms. The lowest BCUT2D eigenvalue weighted by molar-refractivity contribution is 0.441. The summed E-state index contributed by atoms with van der Waals surface area (Å²) in [6.45, 7) is 4.73. The van der Waals surface area contributed by atoms with Crippen LogP contribution in [-0.2, 0) is 0 Å². The van der Waals surface area contributed by atoms with Gasteiger partial charge in [0.05, 0.1) is 0 Å². The van der Waals surface area contributed by atoms with Crippen LogP contribution >= 0.6 is 0 Å². The summed E-state index contributed by atoms with van der Waals surface area (Å²) in [4.78, 5) is 0. The Balaban J connectivity index is 1.56. The van der Waals surface area contributed by atoms with Gasteiger partial charge >= 0.3 is 0 Å². The first kappa shape index (κ1) is 19.5. The maximum atomic E-state index is 3.60. The van der Waals surface area contributed by atoms with Crippen molar-refractivity contribution >= 4 is 11.3 Å². The van der Waals surface area contributed by atoms with E-state index < -0.39 is 0 Å². The summed E-state index contributed by atoms with van der Waals surface area (Å²) >= 11 is 0. The molecule has 2 aliphatic rings. The molecule has 3 unspecified atom stereocenters. The van der Waals surface area contributed by atoms with Crippen molar-refractivity contribution in [2.45, 2.75) is 39.2 Å². The summed E-state index contributed by atoms with van der Waals surface area (Å²) in [7, 11) is 0. The van der Waals surface area contributed by atoms with Gasteiger partial charge in [0.15, 0.2) is 0 Å². The standard InChI is InChI=1S/C28H31N/c1-21-17-22(2)19-25(18-21)28(24-9-5-3-6-10-24)20-23-13-15-27(16-14-23)29-26-11-7-4-8-12-26/h3-15,18,20-22,27,29H,16-17,19H2,1-2H3. The number of hydrogen-bond donors (Lipinski definition) is 1. The largest absolute Gasteiger partial charge is 0.379 e. The Morgan fingerprint density at radius 3 is 2.34 bits per heavy atom. The first-order chi connectivity index (χ1) is 14.2. The first-order valence-corrected chi connectivity index (χ1v) is 10.9. The van der Waals surface area contributed by atoms with Crippen molar-refractivity contribution in [1.29, 1.82) is 0 Å². The number of allylic oxidation sites excluding steroid dienone is 6. The van der Waals surface area contributed by atoms with Crippen molar-refractivity contribution in [3.63, 3.8) is 0 Å². The van der Waals surface area contributed by atoms with E-state index in [1.807, 2.05) is 0 Å². The molecule has 0 saturated heterocycles. The zero-order valence-electron chi connectivity index (χ0n) is 17.5. The number of nitrogens with one attached hydrogen (secondary N) is 1. The Kier molecular flexibility index (Phi) is 6.14. The highest BCUT2D eigenvalue weighted by atomic mass is 14.9. The Bertz CT molecular complexity index is 931. The van der Waals surface area contributed by atoms with Crippen LogP contribution in [0.4, 0.5) is 5.69 Å². The maximum Gasteiger partial charge on any atom is 0.0482 e. The lowest BCUT2D eigenvalue weighted by atomic mass is 9.79. The van der Waals surface area contributed by atoms with E-state index in [0.717, 1.165) is 12.3 Å². The lowest BCUT2D eigenvalue weighted by Crippen LogP contribution is -2.17. The van der Waals surface area contributed by atoms with Crippen molar-refractivity contribution in [2.75, 3.05) is 5.32 Å². The summed E-state index contributed by atoms with van der Waals surface area (Å²) in [6.07, 6.45) is 15.3. The maximum absolute atomic E-state index is 3.60. The van der Waals surface area contributed by atoms with E-state index in [1.165, 1.54) is 40.8 Å². The molecule has 29 heavy (non-hydrogen) atoms. The van der Waals surface area contributed by atoms with Crippen LogP contribution in [-0.4, -0.2) is 6.04 Å². The molecule has 1 N–H and O–H groups in total. The Morgan fingerprint density at radius 1 is 0.966 bits per heavy atom. The van der Waals surface area contributed by atoms with Crippen LogP contribution in [0.15, 0.2) is 102 Å². The third-order valence-electron chi connectivity index (χ3n) is 5.82. The molecular formula is C28H31N. The van der Waals surface area contributed by atoms with Gasteiger partial charge in [-0.15, -0.1) is 0 Å². The summed E-state index contributed by atoms with van der Waals surface area (Å²) in [6, 6.07) is 21.7. The number of para-hydroxylation sites is 1. The molecular weight excluding hydrogens is 350 g/mol. The van der Waals surface area contributed by atoms with Gasteiger partial charge in [-0.2, -0.15) is 0 Å². The molecule has 0 spiro atoms. The molecule has 1 nitrogen and oxygen atoms in total. The first-order valence-electron chi connectivity index (χ1n) is 10.9. The molecule has 2 aromatic carbocycles. The van der Waals surface area contributed by atoms with Crippen molar-refractivity contribution in [1.82, 2.24) is 0 Å². The van der Waals surface area contributed by atoms with Crippen LogP contribution in [0.25, 0.3) is 5.57 Å². The quantitative estimate of drug-likeness (QED) is 0.568. The predicted octanol–water partition coefficient (Wildman–Crippen LogP) is 7.43. The molecule has 0 heterocycles. The fourth-order valence-electron chi connectivity index (χ4n) is 4.52. The van der Waals surface area contributed by atoms with E-state index in [0.29, 0.717) is 12.0 Å². The fourth-order valence-corrected chi connectivity index (χ4v) is 4.52. The monoisotopic (exact) mass is 381 g/mol. The topological polar surface area (TPSA) is 12.0 Å². The molecule has 0 aliphatic heterocycles. The van der Waals surface area contributed by atoms with Gasteiger partial charge in [-0.05, 0) is 71.6 Å². The van der Waals surface area contributed by atoms with E-state index in [-0.39, 0.29) is 0 Å². The second kappa shape index (κ2) is 9.13. The second-order valence-corrected chi connectivity index (χ2v) is 8.55. The molecule has 2 aromatic rings. The Labute approximate surface area is 175 Å². The van der Waals surface area contributed by atoms with E-state index in [4.69, 9.17) is 0 Å². The van der Waals surface area contributed by atoms with Gasteiger partial charge in [-0.3, -0.25) is 0 Å². The van der Waals surface area contributed by atoms with Gasteiger partial charge in [0.1, 0.15) is 0 Å². The third-order valence-corrected chi connectivity index (χ3v) is 5.82. The third kappa shape index (κ3) is 5.17. The minimum absolute atomic E-state index is 0.351. The van der Waals surface area contributed by atoms with Crippen LogP contribution in [0, 0.1) is 11.8 Å². The Morgan fingerprint density at radius 2 is 1.69 bits per heavy atom. The zero-order chi connectivity index (χ0) is 20.1. The van der Waals surface area contributed by atoms with Crippen LogP contribution < -0.4 is 5.32 Å². The molecule has 0 fully saturated rings. The predicted molar refractivity (Wildman–Crippen MR) is 126 cm³/mol. The summed E-state index contributed by atoms with van der Waals surface area (Å²) in [5.41, 5.74) is 6.69. The second-order valence-electron chi connectivity index (χ2n) is 8.55. The van der Waals surface area contributed by atoms with E-state index in [2.05, 4.69) is 110 Å². The zero-order valence-corrected chi connectivity index (χ0v) is 17.5. The number of benzene rings is 2. The Hall–Kier alpha value is -2.80. The molecule has 148 valence electrons. The van der Waals surface area contributed by atoms with Crippen LogP contribution in [0.2, 0.25) is 0 Å². The van der Waals surface area contributed by atoms with Gasteiger partial charge in [0.25, 0.3) is 0 Å². The number of rotatable bonds is 5. The normalized spacial score (nSPS) is 24.6. The summed E-state index contributed by atoms with van der Waals surface area (Å²) in [5, 5.41) is 3.60. The van der Waals surface area contributed by atoms with Gasteiger partial charge in [0.2, 0.25) is 0 Å². The van der Waals surface area contributed by atoms with Crippen molar-refractivity contribution < 1.29 is 0 Å². The van der Waals surface area contributed by atoms with E-state index in [9.17, 15) is 0 Å². The molecule has 0 bridgehead atoms. The van der Waals surface area contributed by atoms with E-state index in [1.54, 1.807) is 0 Å². The molecule has 2 aliphatic carbocycles. The minimum atomic E-state index is 0.351. The molecule has 0 saturated carbocycles. The molecule has 3 atom stereocenters. The fraction of sp³-hybridized carbons (Fsp3) is 0.286. The van der Waals surface area contributed by atoms with Crippen molar-refractivity contribution in [2.24, 2.45) is 11.8 Å². The average molecular weight is 382 g/mol. The lowest BCUT2D eigenvalue weighted by Gasteiger charge is -2.26. The average Bonchev–Trinajstić information content (AvgIpc) is 2.74. The van der Waals surface area contributed by atoms with Crippen molar-refractivity contribution in [3.8, 4) is 0 Å². The van der Waals surface area contributed by atoms with Crippen LogP contribution in [0.5, 0.6) is 0 Å². The van der Waals surface area contributed by atoms with E-state index >= 15 is 0 Å². The molecule has 4 rings (SSSR count). The molecule has 0 amide bonds. The smallest absolute Gasteiger partial charge is 0.0482 e. The molecule has 0 radical (unpaired) electrons. The van der Waals surface area contributed by atoms with Crippen LogP contribution in [0.1, 0.15) is 38.7 Å².